The van der Waals surface area contributed by atoms with Gasteiger partial charge in [0.1, 0.15) is 19.8 Å². The molecule has 0 aliphatic rings. The van der Waals surface area contributed by atoms with Gasteiger partial charge in [-0.3, -0.25) is 19.4 Å². The van der Waals surface area contributed by atoms with Crippen LogP contribution in [0.5, 0.6) is 0 Å². The summed E-state index contributed by atoms with van der Waals surface area (Å²) in [6.45, 7) is -0.245. The molecule has 0 saturated heterocycles. The lowest BCUT2D eigenvalue weighted by molar-refractivity contribution is 0.144. The van der Waals surface area contributed by atoms with Gasteiger partial charge in [0.15, 0.2) is 0 Å². The molecule has 198 valence electrons. The van der Waals surface area contributed by atoms with Crippen LogP contribution < -0.4 is 0 Å². The van der Waals surface area contributed by atoms with Crippen molar-refractivity contribution in [3.8, 4) is 0 Å². The van der Waals surface area contributed by atoms with Crippen molar-refractivity contribution in [3.63, 3.8) is 0 Å². The van der Waals surface area contributed by atoms with E-state index in [-0.39, 0.29) is 32.3 Å². The second kappa shape index (κ2) is 13.8. The zero-order valence-corrected chi connectivity index (χ0v) is 22.4. The van der Waals surface area contributed by atoms with Crippen molar-refractivity contribution in [2.45, 2.75) is 32.3 Å². The van der Waals surface area contributed by atoms with Crippen molar-refractivity contribution < 1.29 is 28.6 Å². The molecule has 1 heterocycles. The molecule has 0 aliphatic carbocycles. The van der Waals surface area contributed by atoms with Crippen molar-refractivity contribution >= 4 is 24.9 Å². The first-order valence-electron chi connectivity index (χ1n) is 12.6. The molecule has 8 heteroatoms. The summed E-state index contributed by atoms with van der Waals surface area (Å²) >= 11 is 0. The molecular weight excluding hydrogens is 510 g/mol. The maximum absolute atomic E-state index is 13.8. The number of aryl methyl sites for hydroxylation is 1. The molecule has 0 N–H and O–H groups in total. The zero-order valence-electron chi connectivity index (χ0n) is 21.4. The Labute approximate surface area is 228 Å². The third-order valence-corrected chi connectivity index (χ3v) is 9.75. The Kier molecular flexibility index (Phi) is 9.74. The standard InChI is InChI=1S/C31H29NO6Si/c33-29(36-22-26-10-4-1-5-11-26)39(21-18-25-16-19-32-20-17-25,30(34)37-23-27-12-6-2-7-13-27)31(35)38-24-28-14-8-3-9-15-28/h1-17,19-20H,18,21-24H2. The summed E-state index contributed by atoms with van der Waals surface area (Å²) in [4.78, 5) is 45.4. The van der Waals surface area contributed by atoms with Gasteiger partial charge in [0, 0.05) is 12.4 Å². The number of carbonyl (C=O) groups excluding carboxylic acids is 3. The Bertz CT molecular complexity index is 1220. The van der Waals surface area contributed by atoms with Crippen LogP contribution in [0.1, 0.15) is 22.3 Å². The second-order valence-electron chi connectivity index (χ2n) is 8.95. The van der Waals surface area contributed by atoms with Gasteiger partial charge in [-0.15, -0.1) is 0 Å². The number of nitrogens with zero attached hydrogens (tertiary/aromatic N) is 1. The van der Waals surface area contributed by atoms with Crippen LogP contribution in [0.3, 0.4) is 0 Å². The minimum Gasteiger partial charge on any atom is -0.464 e. The molecule has 4 rings (SSSR count). The Morgan fingerprint density at radius 2 is 0.872 bits per heavy atom. The van der Waals surface area contributed by atoms with E-state index in [4.69, 9.17) is 14.2 Å². The van der Waals surface area contributed by atoms with Crippen LogP contribution in [0.2, 0.25) is 6.04 Å². The Morgan fingerprint density at radius 1 is 0.513 bits per heavy atom. The number of ether oxygens (including phenoxy) is 3. The Hall–Kier alpha value is -4.56. The predicted octanol–water partition coefficient (Wildman–Crippen LogP) is 6.83. The summed E-state index contributed by atoms with van der Waals surface area (Å²) in [6, 6.07) is 30.8. The fourth-order valence-corrected chi connectivity index (χ4v) is 6.71. The Balaban J connectivity index is 1.63. The molecule has 0 spiro atoms. The van der Waals surface area contributed by atoms with Gasteiger partial charge >= 0.3 is 8.07 Å². The van der Waals surface area contributed by atoms with E-state index in [9.17, 15) is 14.4 Å². The van der Waals surface area contributed by atoms with Gasteiger partial charge in [0.2, 0.25) is 0 Å². The summed E-state index contributed by atoms with van der Waals surface area (Å²) in [5.74, 6) is 0. The van der Waals surface area contributed by atoms with Gasteiger partial charge in [0.05, 0.1) is 0 Å². The van der Waals surface area contributed by atoms with E-state index >= 15 is 0 Å². The van der Waals surface area contributed by atoms with E-state index < -0.39 is 24.9 Å². The third kappa shape index (κ3) is 7.49. The van der Waals surface area contributed by atoms with Gasteiger partial charge in [-0.25, -0.2) is 0 Å². The molecule has 0 aliphatic heterocycles. The molecular formula is C31H29NO6Si. The third-order valence-electron chi connectivity index (χ3n) is 6.22. The molecule has 39 heavy (non-hydrogen) atoms. The molecule has 0 fully saturated rings. The second-order valence-corrected chi connectivity index (χ2v) is 12.5. The van der Waals surface area contributed by atoms with Crippen LogP contribution in [-0.4, -0.2) is 29.8 Å². The smallest absolute Gasteiger partial charge is 0.432 e. The highest BCUT2D eigenvalue weighted by molar-refractivity contribution is 7.38. The van der Waals surface area contributed by atoms with Crippen LogP contribution in [0.25, 0.3) is 0 Å². The van der Waals surface area contributed by atoms with Crippen molar-refractivity contribution in [3.05, 3.63) is 138 Å². The lowest BCUT2D eigenvalue weighted by Crippen LogP contribution is -2.60. The van der Waals surface area contributed by atoms with Crippen LogP contribution in [0.4, 0.5) is 14.4 Å². The quantitative estimate of drug-likeness (QED) is 0.144. The average molecular weight is 540 g/mol. The maximum Gasteiger partial charge on any atom is 0.432 e. The number of carbonyl (C=O) groups is 3. The molecule has 1 aromatic heterocycles. The van der Waals surface area contributed by atoms with E-state index in [1.54, 1.807) is 60.9 Å². The van der Waals surface area contributed by atoms with E-state index in [0.29, 0.717) is 0 Å². The van der Waals surface area contributed by atoms with Crippen molar-refractivity contribution in [1.82, 2.24) is 4.98 Å². The summed E-state index contributed by atoms with van der Waals surface area (Å²) in [7, 11) is -4.35. The molecule has 0 unspecified atom stereocenters. The van der Waals surface area contributed by atoms with Gasteiger partial charge < -0.3 is 14.2 Å². The highest BCUT2D eigenvalue weighted by Gasteiger charge is 2.62. The molecule has 3 aromatic carbocycles. The molecule has 0 atom stereocenters. The largest absolute Gasteiger partial charge is 0.464 e. The molecule has 4 aromatic rings. The van der Waals surface area contributed by atoms with Crippen molar-refractivity contribution in [1.29, 1.82) is 0 Å². The molecule has 0 saturated carbocycles. The van der Waals surface area contributed by atoms with Crippen LogP contribution in [0.15, 0.2) is 116 Å². The minimum atomic E-state index is -4.35. The number of hydrogen-bond acceptors (Lipinski definition) is 7. The molecule has 0 bridgehead atoms. The van der Waals surface area contributed by atoms with Crippen LogP contribution in [0, 0.1) is 0 Å². The first kappa shape index (κ1) is 27.5. The van der Waals surface area contributed by atoms with E-state index in [1.807, 2.05) is 54.6 Å². The fraction of sp³-hybridized carbons (Fsp3) is 0.161. The normalized spacial score (nSPS) is 10.9. The van der Waals surface area contributed by atoms with Gasteiger partial charge in [-0.2, -0.15) is 0 Å². The highest BCUT2D eigenvalue weighted by Crippen LogP contribution is 2.25. The van der Waals surface area contributed by atoms with Gasteiger partial charge in [-0.05, 0) is 46.9 Å². The SMILES string of the molecule is O=C(OCc1ccccc1)[Si](CCc1ccncc1)(C(=O)OCc1ccccc1)C(=O)OCc1ccccc1. The number of aromatic nitrogens is 1. The molecule has 0 amide bonds. The summed E-state index contributed by atoms with van der Waals surface area (Å²) < 4.78 is 16.9. The zero-order chi connectivity index (χ0) is 27.3. The van der Waals surface area contributed by atoms with Crippen LogP contribution >= 0.6 is 0 Å². The average Bonchev–Trinajstić information content (AvgIpc) is 3.00. The monoisotopic (exact) mass is 539 g/mol. The topological polar surface area (TPSA) is 91.8 Å². The van der Waals surface area contributed by atoms with Gasteiger partial charge in [-0.1, -0.05) is 91.0 Å². The van der Waals surface area contributed by atoms with E-state index in [2.05, 4.69) is 4.98 Å². The number of benzene rings is 3. The number of pyridine rings is 1. The first-order valence-corrected chi connectivity index (χ1v) is 14.8. The molecule has 0 radical (unpaired) electrons. The lowest BCUT2D eigenvalue weighted by Gasteiger charge is -2.25. The van der Waals surface area contributed by atoms with E-state index in [0.717, 1.165) is 22.3 Å². The van der Waals surface area contributed by atoms with E-state index in [1.165, 1.54) is 0 Å². The summed E-state index contributed by atoms with van der Waals surface area (Å²) in [5, 5.41) is 0. The van der Waals surface area contributed by atoms with Crippen molar-refractivity contribution in [2.75, 3.05) is 0 Å². The lowest BCUT2D eigenvalue weighted by atomic mass is 10.2. The Morgan fingerprint density at radius 3 is 1.23 bits per heavy atom. The summed E-state index contributed by atoms with van der Waals surface area (Å²) in [5.41, 5.74) is 0.392. The minimum absolute atomic E-state index is 0.0636. The summed E-state index contributed by atoms with van der Waals surface area (Å²) in [6.07, 6.45) is 3.51. The number of rotatable bonds is 12. The van der Waals surface area contributed by atoms with Crippen LogP contribution in [-0.2, 0) is 40.5 Å². The predicted molar refractivity (Wildman–Crippen MR) is 148 cm³/mol. The molecule has 7 nitrogen and oxygen atoms in total. The van der Waals surface area contributed by atoms with Crippen molar-refractivity contribution in [2.24, 2.45) is 0 Å². The van der Waals surface area contributed by atoms with Gasteiger partial charge in [0.25, 0.3) is 16.8 Å². The maximum atomic E-state index is 13.8. The highest BCUT2D eigenvalue weighted by atomic mass is 28.3. The number of hydrogen-bond donors (Lipinski definition) is 0. The first-order chi connectivity index (χ1) is 19.1. The fourth-order valence-electron chi connectivity index (χ4n) is 3.98.